The zero-order valence-electron chi connectivity index (χ0n) is 39.3. The zero-order valence-corrected chi connectivity index (χ0v) is 40.1. The van der Waals surface area contributed by atoms with E-state index < -0.39 is 40.0 Å². The number of unbranched alkanes of at least 4 members (excludes halogenated alkanes) is 37. The second-order valence-corrected chi connectivity index (χ2v) is 19.8. The molecule has 0 aromatic heterocycles. The molecule has 0 aromatic rings. The third-order valence-electron chi connectivity index (χ3n) is 12.3. The van der Waals surface area contributed by atoms with Gasteiger partial charge in [-0.15, -0.1) is 0 Å². The van der Waals surface area contributed by atoms with Gasteiger partial charge >= 0.3 is 0 Å². The third kappa shape index (κ3) is 44.9. The standard InChI is InChI=1S/C51H101NO6S/c1-3-5-7-9-11-13-15-17-19-21-23-25-27-29-31-33-35-37-39-41-43-45-49(53)48(47-59(56,57)58)52-51(55)50(54)46-44-42-40-38-36-34-32-30-28-26-24-22-20-18-16-14-12-10-8-6-4-2/h28,30,48-50,53-54H,3-27,29,31-47H2,1-2H3,(H,52,55)(H,56,57,58)/b30-28-. The minimum Gasteiger partial charge on any atom is -0.391 e. The van der Waals surface area contributed by atoms with E-state index in [-0.39, 0.29) is 0 Å². The van der Waals surface area contributed by atoms with E-state index >= 15 is 0 Å². The maximum atomic E-state index is 12.7. The molecule has 0 fully saturated rings. The van der Waals surface area contributed by atoms with Gasteiger partial charge in [0.25, 0.3) is 10.1 Å². The molecule has 3 unspecified atom stereocenters. The highest BCUT2D eigenvalue weighted by molar-refractivity contribution is 7.85. The minimum absolute atomic E-state index is 0.293. The van der Waals surface area contributed by atoms with Gasteiger partial charge in [0.15, 0.2) is 0 Å². The van der Waals surface area contributed by atoms with Crippen molar-refractivity contribution in [3.8, 4) is 0 Å². The average Bonchev–Trinajstić information content (AvgIpc) is 3.21. The molecule has 8 heteroatoms. The number of hydrogen-bond acceptors (Lipinski definition) is 5. The van der Waals surface area contributed by atoms with Crippen molar-refractivity contribution in [1.82, 2.24) is 5.32 Å². The Balaban J connectivity index is 3.83. The largest absolute Gasteiger partial charge is 0.391 e. The summed E-state index contributed by atoms with van der Waals surface area (Å²) >= 11 is 0. The van der Waals surface area contributed by atoms with Crippen molar-refractivity contribution in [3.05, 3.63) is 12.2 Å². The topological polar surface area (TPSA) is 124 Å². The van der Waals surface area contributed by atoms with Gasteiger partial charge in [-0.3, -0.25) is 9.35 Å². The lowest BCUT2D eigenvalue weighted by molar-refractivity contribution is -0.131. The SMILES string of the molecule is CCCCCCCCCCCCC/C=C\CCCCCCCCC(O)C(=O)NC(CS(=O)(=O)O)C(O)CCCCCCCCCCCCCCCCCCCCCCC. The average molecular weight is 856 g/mol. The number of aliphatic hydroxyl groups is 2. The van der Waals surface area contributed by atoms with Crippen LogP contribution in [0.3, 0.4) is 0 Å². The highest BCUT2D eigenvalue weighted by atomic mass is 32.2. The molecule has 0 rings (SSSR count). The van der Waals surface area contributed by atoms with E-state index in [9.17, 15) is 28.0 Å². The second kappa shape index (κ2) is 45.1. The number of hydrogen-bond donors (Lipinski definition) is 4. The molecule has 0 bridgehead atoms. The minimum atomic E-state index is -4.41. The molecule has 59 heavy (non-hydrogen) atoms. The van der Waals surface area contributed by atoms with Crippen molar-refractivity contribution < 1.29 is 28.0 Å². The van der Waals surface area contributed by atoms with Crippen LogP contribution in [-0.2, 0) is 14.9 Å². The van der Waals surface area contributed by atoms with Crippen LogP contribution < -0.4 is 5.32 Å². The molecular weight excluding hydrogens is 755 g/mol. The third-order valence-corrected chi connectivity index (χ3v) is 13.1. The number of carbonyl (C=O) groups is 1. The smallest absolute Gasteiger partial charge is 0.266 e. The summed E-state index contributed by atoms with van der Waals surface area (Å²) in [6, 6.07) is -1.15. The van der Waals surface area contributed by atoms with Gasteiger partial charge in [-0.25, -0.2) is 0 Å². The Morgan fingerprint density at radius 1 is 0.441 bits per heavy atom. The molecule has 0 aliphatic carbocycles. The van der Waals surface area contributed by atoms with Gasteiger partial charge in [0, 0.05) is 0 Å². The van der Waals surface area contributed by atoms with Crippen LogP contribution in [0.2, 0.25) is 0 Å². The van der Waals surface area contributed by atoms with Gasteiger partial charge in [0.05, 0.1) is 17.9 Å². The molecule has 352 valence electrons. The molecule has 0 radical (unpaired) electrons. The van der Waals surface area contributed by atoms with Crippen LogP contribution >= 0.6 is 0 Å². The van der Waals surface area contributed by atoms with Crippen LogP contribution in [-0.4, -0.2) is 53.1 Å². The molecule has 3 atom stereocenters. The quantitative estimate of drug-likeness (QED) is 0.0274. The van der Waals surface area contributed by atoms with E-state index in [1.807, 2.05) is 0 Å². The molecule has 0 saturated heterocycles. The summed E-state index contributed by atoms with van der Waals surface area (Å²) in [7, 11) is -4.41. The normalized spacial score (nSPS) is 13.6. The van der Waals surface area contributed by atoms with E-state index in [4.69, 9.17) is 0 Å². The number of carbonyl (C=O) groups excluding carboxylic acids is 1. The van der Waals surface area contributed by atoms with Crippen LogP contribution in [0.5, 0.6) is 0 Å². The molecule has 7 nitrogen and oxygen atoms in total. The summed E-state index contributed by atoms with van der Waals surface area (Å²) in [6.45, 7) is 4.55. The van der Waals surface area contributed by atoms with Crippen LogP contribution in [0.15, 0.2) is 12.2 Å². The Labute approximate surface area is 367 Å². The van der Waals surface area contributed by atoms with Gasteiger partial charge < -0.3 is 15.5 Å². The van der Waals surface area contributed by atoms with E-state index in [2.05, 4.69) is 31.3 Å². The second-order valence-electron chi connectivity index (χ2n) is 18.3. The van der Waals surface area contributed by atoms with E-state index in [1.54, 1.807) is 0 Å². The Morgan fingerprint density at radius 3 is 1.02 bits per heavy atom. The molecule has 0 aromatic carbocycles. The highest BCUT2D eigenvalue weighted by Gasteiger charge is 2.28. The summed E-state index contributed by atoms with van der Waals surface area (Å²) in [4.78, 5) is 12.7. The van der Waals surface area contributed by atoms with Crippen molar-refractivity contribution in [2.75, 3.05) is 5.75 Å². The van der Waals surface area contributed by atoms with Crippen molar-refractivity contribution in [2.24, 2.45) is 0 Å². The predicted molar refractivity (Wildman–Crippen MR) is 255 cm³/mol. The lowest BCUT2D eigenvalue weighted by Crippen LogP contribution is -2.50. The zero-order chi connectivity index (χ0) is 43.3. The molecule has 0 saturated carbocycles. The van der Waals surface area contributed by atoms with Crippen molar-refractivity contribution in [2.45, 2.75) is 302 Å². The number of allylic oxidation sites excluding steroid dienone is 2. The van der Waals surface area contributed by atoms with Gasteiger partial charge in [0.1, 0.15) is 6.10 Å². The predicted octanol–water partition coefficient (Wildman–Crippen LogP) is 15.1. The Kier molecular flexibility index (Phi) is 44.3. The molecular formula is C51H101NO6S. The maximum absolute atomic E-state index is 12.7. The Morgan fingerprint density at radius 2 is 0.712 bits per heavy atom. The number of aliphatic hydroxyl groups excluding tert-OH is 2. The fraction of sp³-hybridized carbons (Fsp3) is 0.941. The number of amides is 1. The van der Waals surface area contributed by atoms with Crippen molar-refractivity contribution in [3.63, 3.8) is 0 Å². The van der Waals surface area contributed by atoms with E-state index in [0.717, 1.165) is 51.4 Å². The first-order valence-electron chi connectivity index (χ1n) is 26.0. The number of nitrogens with one attached hydrogen (secondary N) is 1. The highest BCUT2D eigenvalue weighted by Crippen LogP contribution is 2.18. The van der Waals surface area contributed by atoms with Gasteiger partial charge in [-0.2, -0.15) is 8.42 Å². The van der Waals surface area contributed by atoms with E-state index in [1.165, 1.54) is 199 Å². The summed E-state index contributed by atoms with van der Waals surface area (Å²) in [6.07, 6.45) is 53.8. The van der Waals surface area contributed by atoms with Gasteiger partial charge in [0.2, 0.25) is 5.91 Å². The first-order valence-corrected chi connectivity index (χ1v) is 27.6. The Bertz CT molecular complexity index is 1000. The fourth-order valence-electron chi connectivity index (χ4n) is 8.34. The summed E-state index contributed by atoms with van der Waals surface area (Å²) in [5.41, 5.74) is 0. The van der Waals surface area contributed by atoms with E-state index in [0.29, 0.717) is 19.3 Å². The molecule has 0 heterocycles. The monoisotopic (exact) mass is 856 g/mol. The summed E-state index contributed by atoms with van der Waals surface area (Å²) < 4.78 is 32.8. The number of rotatable bonds is 48. The van der Waals surface area contributed by atoms with Crippen molar-refractivity contribution in [1.29, 1.82) is 0 Å². The molecule has 1 amide bonds. The van der Waals surface area contributed by atoms with Crippen molar-refractivity contribution >= 4 is 16.0 Å². The first-order chi connectivity index (χ1) is 28.7. The summed E-state index contributed by atoms with van der Waals surface area (Å²) in [5.74, 6) is -1.45. The molecule has 0 spiro atoms. The lowest BCUT2D eigenvalue weighted by atomic mass is 10.0. The van der Waals surface area contributed by atoms with Gasteiger partial charge in [-0.05, 0) is 38.5 Å². The fourth-order valence-corrected chi connectivity index (χ4v) is 9.10. The van der Waals surface area contributed by atoms with Gasteiger partial charge in [-0.1, -0.05) is 257 Å². The Hall–Kier alpha value is -0.960. The van der Waals surface area contributed by atoms with Crippen LogP contribution in [0, 0.1) is 0 Å². The van der Waals surface area contributed by atoms with Crippen LogP contribution in [0.25, 0.3) is 0 Å². The van der Waals surface area contributed by atoms with Crippen LogP contribution in [0.4, 0.5) is 0 Å². The first kappa shape index (κ1) is 58.0. The molecule has 0 aliphatic heterocycles. The molecule has 0 aliphatic rings. The maximum Gasteiger partial charge on any atom is 0.266 e. The lowest BCUT2D eigenvalue weighted by Gasteiger charge is -2.24. The van der Waals surface area contributed by atoms with Crippen LogP contribution in [0.1, 0.15) is 284 Å². The molecule has 4 N–H and O–H groups in total. The summed E-state index contributed by atoms with van der Waals surface area (Å²) in [5, 5.41) is 23.7.